The van der Waals surface area contributed by atoms with Crippen LogP contribution in [0.3, 0.4) is 0 Å². The molecule has 1 atom stereocenters. The van der Waals surface area contributed by atoms with Gasteiger partial charge < -0.3 is 4.98 Å². The number of aromatic nitrogens is 2. The smallest absolute Gasteiger partial charge is 0.0947 e. The zero-order chi connectivity index (χ0) is 28.5. The minimum atomic E-state index is 0.441. The van der Waals surface area contributed by atoms with E-state index in [9.17, 15) is 5.26 Å². The lowest BCUT2D eigenvalue weighted by Crippen LogP contribution is -2.03. The molecule has 3 nitrogen and oxygen atoms in total. The van der Waals surface area contributed by atoms with Crippen LogP contribution in [0, 0.1) is 11.3 Å². The van der Waals surface area contributed by atoms with E-state index in [1.54, 1.807) is 0 Å². The van der Waals surface area contributed by atoms with Crippen LogP contribution < -0.4 is 0 Å². The van der Waals surface area contributed by atoms with E-state index < -0.39 is 0 Å². The summed E-state index contributed by atoms with van der Waals surface area (Å²) in [7, 11) is 0. The highest BCUT2D eigenvalue weighted by molar-refractivity contribution is 5.89. The quantitative estimate of drug-likeness (QED) is 0.0768. The van der Waals surface area contributed by atoms with Gasteiger partial charge in [-0.25, -0.2) is 0 Å². The van der Waals surface area contributed by atoms with Crippen molar-refractivity contribution in [2.75, 3.05) is 0 Å². The maximum atomic E-state index is 9.83. The fraction of sp³-hybridized carbons (Fsp3) is 0.421. The summed E-state index contributed by atoms with van der Waals surface area (Å²) < 4.78 is 0. The van der Waals surface area contributed by atoms with Gasteiger partial charge in [0.2, 0.25) is 0 Å². The minimum Gasteiger partial charge on any atom is -0.361 e. The first-order valence-electron chi connectivity index (χ1n) is 16.0. The number of benzene rings is 2. The highest BCUT2D eigenvalue weighted by Gasteiger charge is 2.16. The van der Waals surface area contributed by atoms with E-state index in [0.29, 0.717) is 5.92 Å². The molecule has 2 heterocycles. The normalized spacial score (nSPS) is 12.8. The molecule has 0 aliphatic carbocycles. The molecular formula is C38H47N3. The van der Waals surface area contributed by atoms with E-state index in [4.69, 9.17) is 4.98 Å². The molecule has 0 bridgehead atoms. The molecule has 214 valence electrons. The summed E-state index contributed by atoms with van der Waals surface area (Å²) in [6.07, 6.45) is 27.7. The lowest BCUT2D eigenvalue weighted by molar-refractivity contribution is 0.517. The lowest BCUT2D eigenvalue weighted by Gasteiger charge is -2.18. The highest BCUT2D eigenvalue weighted by Crippen LogP contribution is 2.32. The summed E-state index contributed by atoms with van der Waals surface area (Å²) in [4.78, 5) is 8.22. The van der Waals surface area contributed by atoms with E-state index in [2.05, 4.69) is 78.7 Å². The SMILES string of the molecule is CCCCCCCC/C=C\CCCC(CCCC/C(C#N)=C/c1c[nH]c2ccccc12)c1nccc2ccccc12. The highest BCUT2D eigenvalue weighted by atomic mass is 14.7. The van der Waals surface area contributed by atoms with Gasteiger partial charge in [0.1, 0.15) is 0 Å². The Bertz CT molecular complexity index is 1430. The first-order chi connectivity index (χ1) is 20.3. The summed E-state index contributed by atoms with van der Waals surface area (Å²) in [6, 6.07) is 21.5. The van der Waals surface area contributed by atoms with Crippen molar-refractivity contribution in [3.05, 3.63) is 96.0 Å². The van der Waals surface area contributed by atoms with Crippen molar-refractivity contribution >= 4 is 27.8 Å². The molecule has 0 aliphatic rings. The van der Waals surface area contributed by atoms with E-state index in [0.717, 1.165) is 55.2 Å². The number of para-hydroxylation sites is 1. The van der Waals surface area contributed by atoms with Crippen LogP contribution in [0.15, 0.2) is 84.7 Å². The summed E-state index contributed by atoms with van der Waals surface area (Å²) in [5.74, 6) is 0.441. The van der Waals surface area contributed by atoms with Gasteiger partial charge in [-0.3, -0.25) is 4.98 Å². The standard InChI is InChI=1S/C38H47N3/c1-2-3-4-5-6-7-8-9-10-11-12-21-33(38-36-24-16-15-20-32(36)26-27-40-38)22-14-13-19-31(29-39)28-34-30-41-37-25-18-17-23-35(34)37/h9-10,15-18,20,23-28,30,33,41H,2-8,11-14,19,21-22H2,1H3/b10-9-,31-28-. The van der Waals surface area contributed by atoms with Crippen molar-refractivity contribution < 1.29 is 0 Å². The second-order valence-electron chi connectivity index (χ2n) is 11.4. The predicted octanol–water partition coefficient (Wildman–Crippen LogP) is 11.4. The Morgan fingerprint density at radius 2 is 1.56 bits per heavy atom. The van der Waals surface area contributed by atoms with Crippen LogP contribution in [0.5, 0.6) is 0 Å². The Morgan fingerprint density at radius 1 is 0.829 bits per heavy atom. The number of fused-ring (bicyclic) bond motifs is 2. The number of nitrogens with zero attached hydrogens (tertiary/aromatic N) is 2. The van der Waals surface area contributed by atoms with Crippen molar-refractivity contribution in [3.63, 3.8) is 0 Å². The fourth-order valence-electron chi connectivity index (χ4n) is 5.91. The summed E-state index contributed by atoms with van der Waals surface area (Å²) in [5.41, 5.74) is 4.30. The number of hydrogen-bond acceptors (Lipinski definition) is 2. The largest absolute Gasteiger partial charge is 0.361 e. The average Bonchev–Trinajstić information content (AvgIpc) is 3.42. The molecule has 2 aromatic carbocycles. The van der Waals surface area contributed by atoms with Crippen LogP contribution in [-0.2, 0) is 0 Å². The van der Waals surface area contributed by atoms with Crippen molar-refractivity contribution in [1.82, 2.24) is 9.97 Å². The van der Waals surface area contributed by atoms with Gasteiger partial charge in [0.05, 0.1) is 11.8 Å². The number of aromatic amines is 1. The third-order valence-corrected chi connectivity index (χ3v) is 8.25. The van der Waals surface area contributed by atoms with Crippen LogP contribution in [0.1, 0.15) is 114 Å². The van der Waals surface area contributed by atoms with Crippen LogP contribution in [0.2, 0.25) is 0 Å². The maximum Gasteiger partial charge on any atom is 0.0947 e. The number of nitriles is 1. The molecule has 0 spiro atoms. The first-order valence-corrected chi connectivity index (χ1v) is 16.0. The van der Waals surface area contributed by atoms with Crippen molar-refractivity contribution in [3.8, 4) is 6.07 Å². The van der Waals surface area contributed by atoms with Gasteiger partial charge in [-0.05, 0) is 75.0 Å². The van der Waals surface area contributed by atoms with Gasteiger partial charge in [-0.2, -0.15) is 5.26 Å². The molecule has 0 fully saturated rings. The fourth-order valence-corrected chi connectivity index (χ4v) is 5.91. The molecular weight excluding hydrogens is 498 g/mol. The minimum absolute atomic E-state index is 0.441. The molecule has 41 heavy (non-hydrogen) atoms. The summed E-state index contributed by atoms with van der Waals surface area (Å²) >= 11 is 0. The maximum absolute atomic E-state index is 9.83. The van der Waals surface area contributed by atoms with Gasteiger partial charge in [0.15, 0.2) is 0 Å². The molecule has 0 saturated carbocycles. The summed E-state index contributed by atoms with van der Waals surface area (Å²) in [5, 5.41) is 13.6. The van der Waals surface area contributed by atoms with Gasteiger partial charge in [0.25, 0.3) is 0 Å². The number of H-pyrrole nitrogens is 1. The number of unbranched alkanes of at least 4 members (excludes halogenated alkanes) is 8. The molecule has 3 heteroatoms. The molecule has 0 radical (unpaired) electrons. The van der Waals surface area contributed by atoms with Crippen LogP contribution in [0.4, 0.5) is 0 Å². The van der Waals surface area contributed by atoms with E-state index in [1.165, 1.54) is 73.2 Å². The van der Waals surface area contributed by atoms with Crippen LogP contribution in [-0.4, -0.2) is 9.97 Å². The second-order valence-corrected chi connectivity index (χ2v) is 11.4. The Hall–Kier alpha value is -3.64. The number of hydrogen-bond donors (Lipinski definition) is 1. The molecule has 1 unspecified atom stereocenters. The van der Waals surface area contributed by atoms with E-state index >= 15 is 0 Å². The third-order valence-electron chi connectivity index (χ3n) is 8.25. The molecule has 0 aliphatic heterocycles. The topological polar surface area (TPSA) is 52.5 Å². The molecule has 1 N–H and O–H groups in total. The number of rotatable bonds is 18. The second kappa shape index (κ2) is 17.2. The lowest BCUT2D eigenvalue weighted by atomic mass is 9.89. The molecule has 4 rings (SSSR count). The zero-order valence-corrected chi connectivity index (χ0v) is 25.0. The zero-order valence-electron chi connectivity index (χ0n) is 25.0. The van der Waals surface area contributed by atoms with Crippen molar-refractivity contribution in [2.24, 2.45) is 0 Å². The van der Waals surface area contributed by atoms with Gasteiger partial charge in [-0.1, -0.05) is 100 Å². The Balaban J connectivity index is 1.30. The first kappa shape index (κ1) is 30.3. The Labute approximate surface area is 247 Å². The number of pyridine rings is 1. The molecule has 0 amide bonds. The van der Waals surface area contributed by atoms with Crippen molar-refractivity contribution in [2.45, 2.75) is 103 Å². The van der Waals surface area contributed by atoms with Crippen LogP contribution in [0.25, 0.3) is 27.8 Å². The molecule has 4 aromatic rings. The Kier molecular flexibility index (Phi) is 12.7. The average molecular weight is 546 g/mol. The van der Waals surface area contributed by atoms with Crippen molar-refractivity contribution in [1.29, 1.82) is 5.26 Å². The van der Waals surface area contributed by atoms with E-state index in [-0.39, 0.29) is 0 Å². The molecule has 2 aromatic heterocycles. The van der Waals surface area contributed by atoms with Gasteiger partial charge in [-0.15, -0.1) is 0 Å². The van der Waals surface area contributed by atoms with Gasteiger partial charge in [0, 0.05) is 45.7 Å². The van der Waals surface area contributed by atoms with Gasteiger partial charge >= 0.3 is 0 Å². The van der Waals surface area contributed by atoms with E-state index in [1.807, 2.05) is 24.5 Å². The summed E-state index contributed by atoms with van der Waals surface area (Å²) in [6.45, 7) is 2.28. The third kappa shape index (κ3) is 9.46. The number of allylic oxidation sites excluding steroid dienone is 3. The number of nitrogens with one attached hydrogen (secondary N) is 1. The van der Waals surface area contributed by atoms with Crippen LogP contribution >= 0.6 is 0 Å². The Morgan fingerprint density at radius 3 is 2.41 bits per heavy atom. The monoisotopic (exact) mass is 545 g/mol. The predicted molar refractivity (Wildman–Crippen MR) is 176 cm³/mol. The molecule has 0 saturated heterocycles.